The predicted octanol–water partition coefficient (Wildman–Crippen LogP) is 5.38. The molecule has 0 radical (unpaired) electrons. The highest BCUT2D eigenvalue weighted by atomic mass is 16.3. The number of hydrogen-bond acceptors (Lipinski definition) is 4. The van der Waals surface area contributed by atoms with E-state index < -0.39 is 17.1 Å². The van der Waals surface area contributed by atoms with E-state index in [-0.39, 0.29) is 46.9 Å². The first-order valence-electron chi connectivity index (χ1n) is 13.3. The van der Waals surface area contributed by atoms with E-state index in [1.807, 2.05) is 20.8 Å². The summed E-state index contributed by atoms with van der Waals surface area (Å²) in [7, 11) is 0. The second kappa shape index (κ2) is 8.42. The lowest BCUT2D eigenvalue weighted by molar-refractivity contribution is -0.178. The zero-order chi connectivity index (χ0) is 25.3. The monoisotopic (exact) mass is 470 g/mol. The molecule has 4 saturated carbocycles. The molecule has 0 amide bonds. The number of fused-ring (bicyclic) bond motifs is 3. The Morgan fingerprint density at radius 1 is 1.06 bits per heavy atom. The summed E-state index contributed by atoms with van der Waals surface area (Å²) in [5.41, 5.74) is 1.58. The number of ketones is 1. The molecule has 4 nitrogen and oxygen atoms in total. The van der Waals surface area contributed by atoms with E-state index in [1.165, 1.54) is 0 Å². The Kier molecular flexibility index (Phi) is 6.40. The molecule has 0 aliphatic heterocycles. The number of rotatable bonds is 4. The number of aliphatic hydroxyl groups is 3. The number of carbonyl (C=O) groups is 1. The Balaban J connectivity index is 1.69. The topological polar surface area (TPSA) is 77.8 Å². The smallest absolute Gasteiger partial charge is 0.160 e. The van der Waals surface area contributed by atoms with Crippen molar-refractivity contribution < 1.29 is 20.1 Å². The molecule has 9 atom stereocenters. The van der Waals surface area contributed by atoms with Gasteiger partial charge in [0.25, 0.3) is 0 Å². The lowest BCUT2D eigenvalue weighted by atomic mass is 9.43. The summed E-state index contributed by atoms with van der Waals surface area (Å²) >= 11 is 0. The number of allylic oxidation sites excluding steroid dienone is 4. The summed E-state index contributed by atoms with van der Waals surface area (Å²) in [4.78, 5) is 13.5. The normalized spacial score (nSPS) is 50.4. The summed E-state index contributed by atoms with van der Waals surface area (Å²) in [6.07, 6.45) is 9.40. The number of hydrogen-bond donors (Lipinski definition) is 3. The van der Waals surface area contributed by atoms with Crippen molar-refractivity contribution >= 4 is 5.78 Å². The number of Topliss-reactive ketones (excluding diaryl/α,β-unsaturated/α-hetero) is 1. The van der Waals surface area contributed by atoms with Crippen molar-refractivity contribution in [2.45, 2.75) is 98.2 Å². The minimum atomic E-state index is -0.750. The standard InChI is InChI=1S/C30H46O4/c1-18(2)20-10-15-30(7,34)21(20)9-8-19(3)26-22(32)16-24-27(4)14-12-25(33)29(6,17-31)23(27)11-13-28(24,26)5/h8-9,20-21,23-25,31,33-34H,1,10-17H2,2-7H3. The van der Waals surface area contributed by atoms with Gasteiger partial charge in [0.15, 0.2) is 5.78 Å². The van der Waals surface area contributed by atoms with Gasteiger partial charge in [0.2, 0.25) is 0 Å². The molecule has 0 heterocycles. The Hall–Kier alpha value is -1.23. The summed E-state index contributed by atoms with van der Waals surface area (Å²) in [5.74, 6) is 0.966. The molecule has 0 bridgehead atoms. The maximum Gasteiger partial charge on any atom is 0.160 e. The number of carbonyl (C=O) groups excluding carboxylic acids is 1. The van der Waals surface area contributed by atoms with Crippen LogP contribution in [-0.2, 0) is 4.79 Å². The molecule has 4 fully saturated rings. The molecule has 4 aliphatic rings. The largest absolute Gasteiger partial charge is 0.396 e. The van der Waals surface area contributed by atoms with E-state index in [4.69, 9.17) is 0 Å². The van der Waals surface area contributed by atoms with Crippen molar-refractivity contribution in [1.82, 2.24) is 0 Å². The molecular formula is C30H46O4. The highest BCUT2D eigenvalue weighted by molar-refractivity contribution is 6.00. The average Bonchev–Trinajstić information content (AvgIpc) is 3.21. The zero-order valence-corrected chi connectivity index (χ0v) is 22.2. The minimum absolute atomic E-state index is 0.0124. The van der Waals surface area contributed by atoms with Crippen molar-refractivity contribution in [1.29, 1.82) is 0 Å². The van der Waals surface area contributed by atoms with Gasteiger partial charge < -0.3 is 15.3 Å². The van der Waals surface area contributed by atoms with Crippen LogP contribution >= 0.6 is 0 Å². The molecule has 4 heteroatoms. The number of aliphatic hydroxyl groups excluding tert-OH is 2. The van der Waals surface area contributed by atoms with Crippen LogP contribution in [0.5, 0.6) is 0 Å². The average molecular weight is 471 g/mol. The third kappa shape index (κ3) is 3.62. The van der Waals surface area contributed by atoms with Crippen LogP contribution in [0, 0.1) is 39.9 Å². The van der Waals surface area contributed by atoms with Crippen LogP contribution in [0.3, 0.4) is 0 Å². The molecule has 9 unspecified atom stereocenters. The second-order valence-electron chi connectivity index (χ2n) is 13.2. The molecule has 3 N–H and O–H groups in total. The quantitative estimate of drug-likeness (QED) is 0.381. The maximum atomic E-state index is 13.5. The van der Waals surface area contributed by atoms with E-state index in [0.717, 1.165) is 48.8 Å². The van der Waals surface area contributed by atoms with Gasteiger partial charge in [-0.3, -0.25) is 4.79 Å². The van der Waals surface area contributed by atoms with Crippen LogP contribution in [0.2, 0.25) is 0 Å². The van der Waals surface area contributed by atoms with E-state index in [0.29, 0.717) is 12.8 Å². The molecule has 4 rings (SSSR count). The van der Waals surface area contributed by atoms with Gasteiger partial charge in [0.1, 0.15) is 0 Å². The fraction of sp³-hybridized carbons (Fsp3) is 0.767. The molecule has 34 heavy (non-hydrogen) atoms. The van der Waals surface area contributed by atoms with Gasteiger partial charge >= 0.3 is 0 Å². The summed E-state index contributed by atoms with van der Waals surface area (Å²) in [6.45, 7) is 16.8. The van der Waals surface area contributed by atoms with Gasteiger partial charge in [0, 0.05) is 28.7 Å². The summed E-state index contributed by atoms with van der Waals surface area (Å²) < 4.78 is 0. The van der Waals surface area contributed by atoms with Crippen molar-refractivity contribution in [2.75, 3.05) is 6.61 Å². The van der Waals surface area contributed by atoms with Crippen molar-refractivity contribution in [3.05, 3.63) is 35.5 Å². The van der Waals surface area contributed by atoms with E-state index >= 15 is 0 Å². The van der Waals surface area contributed by atoms with Crippen molar-refractivity contribution in [2.24, 2.45) is 39.9 Å². The van der Waals surface area contributed by atoms with Crippen LogP contribution in [0.25, 0.3) is 0 Å². The molecule has 0 aromatic heterocycles. The lowest BCUT2D eigenvalue weighted by Gasteiger charge is -2.62. The third-order valence-electron chi connectivity index (χ3n) is 11.1. The Morgan fingerprint density at radius 3 is 2.35 bits per heavy atom. The first-order valence-corrected chi connectivity index (χ1v) is 13.3. The lowest BCUT2D eigenvalue weighted by Crippen LogP contribution is -2.59. The summed E-state index contributed by atoms with van der Waals surface area (Å²) in [6, 6.07) is 0. The van der Waals surface area contributed by atoms with Gasteiger partial charge in [-0.25, -0.2) is 0 Å². The van der Waals surface area contributed by atoms with Crippen molar-refractivity contribution in [3.8, 4) is 0 Å². The van der Waals surface area contributed by atoms with Gasteiger partial charge in [-0.05, 0) is 88.0 Å². The SMILES string of the molecule is C=C(C)C1CCC(C)(O)C1C=CC(C)=C1C(=O)CC2C1(C)CCC1C(C)(CO)C(O)CCC21C. The van der Waals surface area contributed by atoms with E-state index in [9.17, 15) is 20.1 Å². The van der Waals surface area contributed by atoms with Gasteiger partial charge in [0.05, 0.1) is 18.3 Å². The molecule has 4 aliphatic carbocycles. The van der Waals surface area contributed by atoms with Gasteiger partial charge in [-0.2, -0.15) is 0 Å². The molecule has 0 saturated heterocycles. The highest BCUT2D eigenvalue weighted by Crippen LogP contribution is 2.69. The van der Waals surface area contributed by atoms with Crippen LogP contribution < -0.4 is 0 Å². The van der Waals surface area contributed by atoms with E-state index in [2.05, 4.69) is 39.5 Å². The minimum Gasteiger partial charge on any atom is -0.396 e. The maximum absolute atomic E-state index is 13.5. The van der Waals surface area contributed by atoms with Crippen LogP contribution in [-0.4, -0.2) is 39.4 Å². The van der Waals surface area contributed by atoms with Crippen LogP contribution in [0.1, 0.15) is 86.5 Å². The Morgan fingerprint density at radius 2 is 1.74 bits per heavy atom. The zero-order valence-electron chi connectivity index (χ0n) is 22.2. The Labute approximate surface area is 206 Å². The molecule has 0 aromatic carbocycles. The van der Waals surface area contributed by atoms with Gasteiger partial charge in [-0.15, -0.1) is 0 Å². The fourth-order valence-electron chi connectivity index (χ4n) is 9.06. The van der Waals surface area contributed by atoms with E-state index in [1.54, 1.807) is 0 Å². The predicted molar refractivity (Wildman–Crippen MR) is 136 cm³/mol. The molecule has 0 spiro atoms. The third-order valence-corrected chi connectivity index (χ3v) is 11.1. The van der Waals surface area contributed by atoms with Gasteiger partial charge in [-0.1, -0.05) is 45.1 Å². The summed E-state index contributed by atoms with van der Waals surface area (Å²) in [5, 5.41) is 32.0. The first-order chi connectivity index (χ1) is 15.7. The molecular weight excluding hydrogens is 424 g/mol. The first kappa shape index (κ1) is 25.9. The Bertz CT molecular complexity index is 928. The van der Waals surface area contributed by atoms with Crippen LogP contribution in [0.4, 0.5) is 0 Å². The molecule has 0 aromatic rings. The fourth-order valence-corrected chi connectivity index (χ4v) is 9.06. The molecule has 190 valence electrons. The second-order valence-corrected chi connectivity index (χ2v) is 13.2. The highest BCUT2D eigenvalue weighted by Gasteiger charge is 2.65. The van der Waals surface area contributed by atoms with Crippen molar-refractivity contribution in [3.63, 3.8) is 0 Å². The van der Waals surface area contributed by atoms with Crippen LogP contribution in [0.15, 0.2) is 35.5 Å².